The van der Waals surface area contributed by atoms with Crippen LogP contribution >= 0.6 is 0 Å². The molecule has 0 amide bonds. The lowest BCUT2D eigenvalue weighted by molar-refractivity contribution is -0.173. The predicted octanol–water partition coefficient (Wildman–Crippen LogP) is 7.46. The molecule has 5 aliphatic carbocycles. The van der Waals surface area contributed by atoms with Gasteiger partial charge in [-0.1, -0.05) is 60.1 Å². The van der Waals surface area contributed by atoms with Gasteiger partial charge in [-0.3, -0.25) is 4.79 Å². The first-order valence-electron chi connectivity index (χ1n) is 15.0. The largest absolute Gasteiger partial charge is 0.337 e. The third-order valence-corrected chi connectivity index (χ3v) is 13.1. The number of nitrogens with zero attached hydrogens (tertiary/aromatic N) is 3. The third-order valence-electron chi connectivity index (χ3n) is 13.1. The Labute approximate surface area is 234 Å². The summed E-state index contributed by atoms with van der Waals surface area (Å²) in [5, 5.41) is 0. The lowest BCUT2D eigenvalue weighted by Gasteiger charge is -2.69. The number of carbonyl (C=O) groups excluding carboxylic acids is 2. The van der Waals surface area contributed by atoms with Gasteiger partial charge in [0.05, 0.1) is 12.9 Å². The standard InChI is InChI=1S/C34H45N3O2/c1-29(2)11-13-34(20-37-16-15-36-21-37)14-12-33(7)27(22(34)18-29)24(38)17-26-31(5)19-23(35-8)28(39)30(3,4)25(31)9-10-32(26,33)6/h15-17,19,21-22,25,27H,9-14,18,20H2,1-7H3/t22-,25-,27-,31-,32+,33+,34+/m0/s1. The summed E-state index contributed by atoms with van der Waals surface area (Å²) >= 11 is 0. The molecule has 1 aromatic rings. The SMILES string of the molecule is [C-]#[N+]C1=C[C@]2(C)C3=CC(=O)[C@@H]4[C@@H]5CC(C)(C)CC[C@]5(Cn5ccnc5)CC[C@@]4(C)[C@]3(C)CC[C@H]2C(C)(C)C1=O. The Morgan fingerprint density at radius 2 is 1.74 bits per heavy atom. The second-order valence-electron chi connectivity index (χ2n) is 15.8. The molecular formula is C34H45N3O2. The zero-order valence-electron chi connectivity index (χ0n) is 24.9. The second kappa shape index (κ2) is 8.05. The van der Waals surface area contributed by atoms with E-state index in [0.29, 0.717) is 5.92 Å². The molecule has 5 nitrogen and oxygen atoms in total. The molecule has 0 aromatic carbocycles. The van der Waals surface area contributed by atoms with E-state index in [1.807, 2.05) is 38.5 Å². The maximum absolute atomic E-state index is 14.6. The van der Waals surface area contributed by atoms with Gasteiger partial charge in [-0.25, -0.2) is 9.83 Å². The van der Waals surface area contributed by atoms with Crippen molar-refractivity contribution in [1.29, 1.82) is 0 Å². The van der Waals surface area contributed by atoms with Crippen LogP contribution in [0.2, 0.25) is 0 Å². The monoisotopic (exact) mass is 527 g/mol. The smallest absolute Gasteiger partial charge is 0.226 e. The van der Waals surface area contributed by atoms with Crippen molar-refractivity contribution in [2.75, 3.05) is 0 Å². The number of allylic oxidation sites excluding steroid dienone is 4. The van der Waals surface area contributed by atoms with Gasteiger partial charge in [-0.2, -0.15) is 0 Å². The van der Waals surface area contributed by atoms with Crippen LogP contribution in [-0.4, -0.2) is 21.1 Å². The van der Waals surface area contributed by atoms with Crippen LogP contribution in [0.5, 0.6) is 0 Å². The minimum absolute atomic E-state index is 0.00853. The number of fused-ring (bicyclic) bond motifs is 7. The molecule has 1 heterocycles. The molecule has 0 unspecified atom stereocenters. The second-order valence-corrected chi connectivity index (χ2v) is 15.8. The van der Waals surface area contributed by atoms with Gasteiger partial charge in [0.25, 0.3) is 0 Å². The predicted molar refractivity (Wildman–Crippen MR) is 152 cm³/mol. The van der Waals surface area contributed by atoms with E-state index in [-0.39, 0.29) is 50.8 Å². The van der Waals surface area contributed by atoms with Crippen LogP contribution in [0, 0.1) is 56.8 Å². The van der Waals surface area contributed by atoms with E-state index >= 15 is 0 Å². The number of aromatic nitrogens is 2. The first-order chi connectivity index (χ1) is 18.1. The minimum atomic E-state index is -0.619. The average Bonchev–Trinajstić information content (AvgIpc) is 3.36. The Balaban J connectivity index is 1.50. The van der Waals surface area contributed by atoms with Crippen molar-refractivity contribution in [1.82, 2.24) is 9.55 Å². The lowest BCUT2D eigenvalue weighted by atomic mass is 9.34. The van der Waals surface area contributed by atoms with Crippen molar-refractivity contribution in [3.63, 3.8) is 0 Å². The van der Waals surface area contributed by atoms with Crippen LogP contribution in [0.1, 0.15) is 93.4 Å². The minimum Gasteiger partial charge on any atom is -0.337 e. The molecule has 0 N–H and O–H groups in total. The van der Waals surface area contributed by atoms with Crippen molar-refractivity contribution in [3.05, 3.63) is 53.6 Å². The van der Waals surface area contributed by atoms with Gasteiger partial charge in [0, 0.05) is 35.7 Å². The fraction of sp³-hybridized carbons (Fsp3) is 0.706. The van der Waals surface area contributed by atoms with Crippen molar-refractivity contribution in [2.45, 2.75) is 100.0 Å². The van der Waals surface area contributed by atoms with Crippen LogP contribution in [-0.2, 0) is 16.1 Å². The molecule has 5 heteroatoms. The molecule has 5 aliphatic rings. The normalized spacial score (nSPS) is 44.1. The van der Waals surface area contributed by atoms with E-state index in [0.717, 1.165) is 45.1 Å². The molecule has 0 spiro atoms. The van der Waals surface area contributed by atoms with Gasteiger partial charge in [0.1, 0.15) is 0 Å². The van der Waals surface area contributed by atoms with Crippen LogP contribution in [0.4, 0.5) is 0 Å². The first kappa shape index (κ1) is 26.7. The molecule has 1 aromatic heterocycles. The quantitative estimate of drug-likeness (QED) is 0.375. The molecule has 208 valence electrons. The molecule has 0 aliphatic heterocycles. The van der Waals surface area contributed by atoms with Gasteiger partial charge >= 0.3 is 0 Å². The topological polar surface area (TPSA) is 56.3 Å². The molecule has 0 radical (unpaired) electrons. The Bertz CT molecular complexity index is 1340. The van der Waals surface area contributed by atoms with Crippen LogP contribution in [0.3, 0.4) is 0 Å². The molecule has 0 bridgehead atoms. The fourth-order valence-corrected chi connectivity index (χ4v) is 10.7. The number of hydrogen-bond acceptors (Lipinski definition) is 3. The molecule has 0 saturated heterocycles. The molecular weight excluding hydrogens is 482 g/mol. The maximum Gasteiger partial charge on any atom is 0.226 e. The zero-order valence-corrected chi connectivity index (χ0v) is 24.9. The number of imidazole rings is 1. The molecule has 3 saturated carbocycles. The van der Waals surface area contributed by atoms with Crippen LogP contribution in [0.25, 0.3) is 4.85 Å². The zero-order chi connectivity index (χ0) is 28.2. The number of carbonyl (C=O) groups is 2. The van der Waals surface area contributed by atoms with E-state index in [9.17, 15) is 9.59 Å². The van der Waals surface area contributed by atoms with Gasteiger partial charge in [-0.05, 0) is 84.5 Å². The highest BCUT2D eigenvalue weighted by atomic mass is 16.1. The number of rotatable bonds is 2. The van der Waals surface area contributed by atoms with E-state index in [1.165, 1.54) is 12.0 Å². The summed E-state index contributed by atoms with van der Waals surface area (Å²) in [7, 11) is 0. The number of ketones is 2. The van der Waals surface area contributed by atoms with E-state index in [4.69, 9.17) is 6.57 Å². The maximum atomic E-state index is 14.6. The van der Waals surface area contributed by atoms with Gasteiger partial charge < -0.3 is 9.36 Å². The third kappa shape index (κ3) is 3.39. The Morgan fingerprint density at radius 3 is 2.41 bits per heavy atom. The highest BCUT2D eigenvalue weighted by Crippen LogP contribution is 2.74. The van der Waals surface area contributed by atoms with Crippen molar-refractivity contribution >= 4 is 11.6 Å². The first-order valence-corrected chi connectivity index (χ1v) is 15.0. The van der Waals surface area contributed by atoms with Gasteiger partial charge in [0.15, 0.2) is 11.6 Å². The van der Waals surface area contributed by atoms with Crippen LogP contribution in [0.15, 0.2) is 42.1 Å². The average molecular weight is 528 g/mol. The molecule has 39 heavy (non-hydrogen) atoms. The summed E-state index contributed by atoms with van der Waals surface area (Å²) in [6, 6.07) is 0. The summed E-state index contributed by atoms with van der Waals surface area (Å²) in [5.74, 6) is 0.658. The Kier molecular flexibility index (Phi) is 5.52. The van der Waals surface area contributed by atoms with E-state index < -0.39 is 10.8 Å². The number of hydrogen-bond donors (Lipinski definition) is 0. The van der Waals surface area contributed by atoms with E-state index in [1.54, 1.807) is 0 Å². The summed E-state index contributed by atoms with van der Waals surface area (Å²) in [6.45, 7) is 24.6. The number of Topliss-reactive ketones (excluding diaryl/α,β-unsaturated/α-hetero) is 1. The summed E-state index contributed by atoms with van der Waals surface area (Å²) < 4.78 is 2.24. The van der Waals surface area contributed by atoms with Crippen molar-refractivity contribution < 1.29 is 9.59 Å². The molecule has 7 atom stereocenters. The molecule has 6 rings (SSSR count). The Morgan fingerprint density at radius 1 is 1.03 bits per heavy atom. The van der Waals surface area contributed by atoms with Gasteiger partial charge in [-0.15, -0.1) is 0 Å². The van der Waals surface area contributed by atoms with Gasteiger partial charge in [0.2, 0.25) is 5.70 Å². The fourth-order valence-electron chi connectivity index (χ4n) is 10.7. The highest BCUT2D eigenvalue weighted by molar-refractivity contribution is 6.03. The lowest BCUT2D eigenvalue weighted by Crippen LogP contribution is -2.65. The van der Waals surface area contributed by atoms with Crippen molar-refractivity contribution in [3.8, 4) is 0 Å². The summed E-state index contributed by atoms with van der Waals surface area (Å²) in [6.07, 6.45) is 17.4. The Hall–Kier alpha value is -2.48. The van der Waals surface area contributed by atoms with Crippen LogP contribution < -0.4 is 0 Å². The highest BCUT2D eigenvalue weighted by Gasteiger charge is 2.69. The molecule has 3 fully saturated rings. The van der Waals surface area contributed by atoms with Crippen molar-refractivity contribution in [2.24, 2.45) is 50.2 Å². The summed E-state index contributed by atoms with van der Waals surface area (Å²) in [5.41, 5.74) is 0.370. The summed E-state index contributed by atoms with van der Waals surface area (Å²) in [4.78, 5) is 35.9. The van der Waals surface area contributed by atoms with E-state index in [2.05, 4.69) is 55.2 Å².